The molecule has 7 nitrogen and oxygen atoms in total. The van der Waals surface area contributed by atoms with E-state index in [0.29, 0.717) is 18.5 Å². The summed E-state index contributed by atoms with van der Waals surface area (Å²) in [6, 6.07) is 3.52. The Morgan fingerprint density at radius 1 is 1.48 bits per heavy atom. The summed E-state index contributed by atoms with van der Waals surface area (Å²) in [5.41, 5.74) is -0.129. The number of methoxy groups -OCH3 is 1. The van der Waals surface area contributed by atoms with Crippen molar-refractivity contribution in [3.05, 3.63) is 36.3 Å². The zero-order chi connectivity index (χ0) is 15.3. The van der Waals surface area contributed by atoms with E-state index in [2.05, 4.69) is 20.4 Å². The first kappa shape index (κ1) is 14.7. The molecule has 0 saturated heterocycles. The molecule has 2 rings (SSSR count). The summed E-state index contributed by atoms with van der Waals surface area (Å²) in [4.78, 5) is 27.6. The van der Waals surface area contributed by atoms with E-state index in [1.54, 1.807) is 24.5 Å². The Morgan fingerprint density at radius 3 is 2.76 bits per heavy atom. The number of amides is 1. The van der Waals surface area contributed by atoms with Gasteiger partial charge in [0, 0.05) is 18.6 Å². The van der Waals surface area contributed by atoms with Crippen molar-refractivity contribution in [3.63, 3.8) is 0 Å². The fourth-order valence-corrected chi connectivity index (χ4v) is 1.77. The van der Waals surface area contributed by atoms with Gasteiger partial charge in [0.05, 0.1) is 24.6 Å². The summed E-state index contributed by atoms with van der Waals surface area (Å²) < 4.78 is 4.67. The minimum Gasteiger partial charge on any atom is -0.467 e. The maximum Gasteiger partial charge on any atom is 0.331 e. The molecule has 1 aromatic heterocycles. The summed E-state index contributed by atoms with van der Waals surface area (Å²) in [6.07, 6.45) is 6.64. The first-order valence-corrected chi connectivity index (χ1v) is 6.39. The lowest BCUT2D eigenvalue weighted by atomic mass is 10.2. The van der Waals surface area contributed by atoms with Gasteiger partial charge < -0.3 is 20.8 Å². The average molecular weight is 288 g/mol. The van der Waals surface area contributed by atoms with Crippen molar-refractivity contribution in [2.75, 3.05) is 12.4 Å². The van der Waals surface area contributed by atoms with Crippen molar-refractivity contribution in [3.8, 4) is 0 Å². The molecule has 3 N–H and O–H groups in total. The van der Waals surface area contributed by atoms with Gasteiger partial charge in [-0.25, -0.2) is 4.79 Å². The summed E-state index contributed by atoms with van der Waals surface area (Å²) in [6.45, 7) is 0. The average Bonchev–Trinajstić information content (AvgIpc) is 3.29. The second-order valence-electron chi connectivity index (χ2n) is 4.66. The van der Waals surface area contributed by atoms with Crippen LogP contribution in [0.5, 0.6) is 0 Å². The molecule has 1 saturated carbocycles. The number of nitrogens with one attached hydrogen (secondary N) is 3. The number of esters is 1. The summed E-state index contributed by atoms with van der Waals surface area (Å²) in [7, 11) is 1.28. The minimum absolute atomic E-state index is 0.106. The third-order valence-electron chi connectivity index (χ3n) is 3.15. The second-order valence-corrected chi connectivity index (χ2v) is 4.66. The Kier molecular flexibility index (Phi) is 4.32. The first-order chi connectivity index (χ1) is 10.1. The van der Waals surface area contributed by atoms with Crippen LogP contribution in [0.25, 0.3) is 0 Å². The highest BCUT2D eigenvalue weighted by Crippen LogP contribution is 2.36. The van der Waals surface area contributed by atoms with Crippen LogP contribution < -0.4 is 10.6 Å². The van der Waals surface area contributed by atoms with Crippen molar-refractivity contribution >= 4 is 23.8 Å². The van der Waals surface area contributed by atoms with Crippen LogP contribution >= 0.6 is 0 Å². The van der Waals surface area contributed by atoms with Gasteiger partial charge in [0.2, 0.25) is 0 Å². The Balaban J connectivity index is 2.02. The van der Waals surface area contributed by atoms with Crippen molar-refractivity contribution in [2.45, 2.75) is 18.4 Å². The largest absolute Gasteiger partial charge is 0.467 e. The Bertz CT molecular complexity index is 579. The molecular formula is C14H16N4O3. The minimum atomic E-state index is -0.928. The number of ether oxygens (including phenoxy) is 1. The molecule has 1 aliphatic carbocycles. The van der Waals surface area contributed by atoms with Crippen molar-refractivity contribution in [1.82, 2.24) is 10.3 Å². The zero-order valence-electron chi connectivity index (χ0n) is 11.6. The quantitative estimate of drug-likeness (QED) is 0.409. The highest BCUT2D eigenvalue weighted by atomic mass is 16.5. The molecule has 7 heteroatoms. The lowest BCUT2D eigenvalue weighted by molar-refractivity contribution is -0.146. The van der Waals surface area contributed by atoms with Crippen LogP contribution in [0.1, 0.15) is 12.8 Å². The van der Waals surface area contributed by atoms with E-state index in [0.717, 1.165) is 6.21 Å². The van der Waals surface area contributed by atoms with Gasteiger partial charge >= 0.3 is 5.97 Å². The van der Waals surface area contributed by atoms with Crippen LogP contribution in [0.3, 0.4) is 0 Å². The number of nitrogens with zero attached hydrogens (tertiary/aromatic N) is 1. The molecule has 110 valence electrons. The molecule has 0 unspecified atom stereocenters. The van der Waals surface area contributed by atoms with Crippen LogP contribution in [-0.4, -0.2) is 35.7 Å². The number of aromatic nitrogens is 1. The lowest BCUT2D eigenvalue weighted by Crippen LogP contribution is -2.44. The Labute approximate surface area is 121 Å². The van der Waals surface area contributed by atoms with Crippen LogP contribution in [0, 0.1) is 5.41 Å². The standard InChI is InChI=1S/C14H16N4O3/c1-21-13(20)14(4-5-14)18-12(19)10(7-15)8-17-11-3-2-6-16-9-11/h2-3,6-9,15,17H,4-5H2,1H3,(H,18,19)/b10-8+,15-7?. The van der Waals surface area contributed by atoms with E-state index in [1.807, 2.05) is 0 Å². The van der Waals surface area contributed by atoms with E-state index in [-0.39, 0.29) is 5.57 Å². The monoisotopic (exact) mass is 288 g/mol. The number of carbonyl (C=O) groups excluding carboxylic acids is 2. The number of hydrogen-bond donors (Lipinski definition) is 3. The maximum atomic E-state index is 12.1. The number of anilines is 1. The van der Waals surface area contributed by atoms with Crippen molar-refractivity contribution in [1.29, 1.82) is 5.41 Å². The van der Waals surface area contributed by atoms with E-state index in [4.69, 9.17) is 5.41 Å². The molecule has 1 amide bonds. The molecule has 1 fully saturated rings. The molecule has 0 spiro atoms. The molecule has 0 atom stereocenters. The maximum absolute atomic E-state index is 12.1. The number of hydrogen-bond acceptors (Lipinski definition) is 6. The first-order valence-electron chi connectivity index (χ1n) is 6.39. The van der Waals surface area contributed by atoms with Crippen molar-refractivity contribution < 1.29 is 14.3 Å². The zero-order valence-corrected chi connectivity index (χ0v) is 11.6. The molecule has 0 bridgehead atoms. The van der Waals surface area contributed by atoms with Gasteiger partial charge in [0.1, 0.15) is 5.54 Å². The predicted molar refractivity (Wildman–Crippen MR) is 76.9 cm³/mol. The molecule has 0 radical (unpaired) electrons. The van der Waals surface area contributed by atoms with Crippen LogP contribution in [0.15, 0.2) is 36.3 Å². The van der Waals surface area contributed by atoms with Crippen LogP contribution in [0.2, 0.25) is 0 Å². The van der Waals surface area contributed by atoms with Gasteiger partial charge in [0.25, 0.3) is 5.91 Å². The van der Waals surface area contributed by atoms with Crippen LogP contribution in [0.4, 0.5) is 5.69 Å². The highest BCUT2D eigenvalue weighted by molar-refractivity contribution is 6.13. The predicted octanol–water partition coefficient (Wildman–Crippen LogP) is 0.849. The van der Waals surface area contributed by atoms with Gasteiger partial charge in [-0.05, 0) is 25.0 Å². The Morgan fingerprint density at radius 2 is 2.24 bits per heavy atom. The van der Waals surface area contributed by atoms with E-state index in [1.165, 1.54) is 13.3 Å². The third-order valence-corrected chi connectivity index (χ3v) is 3.15. The number of pyridine rings is 1. The van der Waals surface area contributed by atoms with Gasteiger partial charge in [-0.15, -0.1) is 0 Å². The van der Waals surface area contributed by atoms with Gasteiger partial charge in [-0.2, -0.15) is 0 Å². The third kappa shape index (κ3) is 3.44. The smallest absolute Gasteiger partial charge is 0.331 e. The van der Waals surface area contributed by atoms with Gasteiger partial charge in [-0.3, -0.25) is 9.78 Å². The molecule has 0 aromatic carbocycles. The lowest BCUT2D eigenvalue weighted by Gasteiger charge is -2.14. The SMILES string of the molecule is COC(=O)C1(NC(=O)/C(C=N)=C/Nc2cccnc2)CC1. The Hall–Kier alpha value is -2.70. The molecule has 1 aliphatic rings. The van der Waals surface area contributed by atoms with E-state index < -0.39 is 17.4 Å². The summed E-state index contributed by atoms with van der Waals surface area (Å²) >= 11 is 0. The van der Waals surface area contributed by atoms with E-state index >= 15 is 0 Å². The molecule has 1 aromatic rings. The normalized spacial score (nSPS) is 15.8. The topological polar surface area (TPSA) is 104 Å². The number of rotatable bonds is 6. The molecule has 21 heavy (non-hydrogen) atoms. The van der Waals surface area contributed by atoms with Crippen LogP contribution in [-0.2, 0) is 14.3 Å². The van der Waals surface area contributed by atoms with E-state index in [9.17, 15) is 9.59 Å². The fraction of sp³-hybridized carbons (Fsp3) is 0.286. The van der Waals surface area contributed by atoms with Gasteiger partial charge in [-0.1, -0.05) is 0 Å². The summed E-state index contributed by atoms with van der Waals surface area (Å²) in [5.74, 6) is -0.954. The highest BCUT2D eigenvalue weighted by Gasteiger charge is 2.52. The summed E-state index contributed by atoms with van der Waals surface area (Å²) in [5, 5.41) is 12.8. The van der Waals surface area contributed by atoms with Crippen molar-refractivity contribution in [2.24, 2.45) is 0 Å². The fourth-order valence-electron chi connectivity index (χ4n) is 1.77. The molecular weight excluding hydrogens is 272 g/mol. The molecule has 1 heterocycles. The number of carbonyl (C=O) groups is 2. The van der Waals surface area contributed by atoms with Gasteiger partial charge in [0.15, 0.2) is 0 Å². The second kappa shape index (κ2) is 6.17. The molecule has 0 aliphatic heterocycles.